The van der Waals surface area contributed by atoms with E-state index in [4.69, 9.17) is 9.47 Å². The first kappa shape index (κ1) is 36.5. The van der Waals surface area contributed by atoms with Crippen molar-refractivity contribution in [2.75, 3.05) is 27.3 Å². The number of rotatable bonds is 18. The number of nitrogens with zero attached hydrogens (tertiary/aromatic N) is 2. The molecule has 221 valence electrons. The molecule has 6 nitrogen and oxygen atoms in total. The Morgan fingerprint density at radius 1 is 0.590 bits per heavy atom. The fraction of sp³-hybridized carbons (Fsp3) is 0.562. The molecule has 2 aromatic rings. The van der Waals surface area contributed by atoms with Crippen molar-refractivity contribution in [3.8, 4) is 23.0 Å². The van der Waals surface area contributed by atoms with E-state index >= 15 is 0 Å². The summed E-state index contributed by atoms with van der Waals surface area (Å²) in [7, 11) is 3.02. The third-order valence-corrected chi connectivity index (χ3v) is 6.20. The summed E-state index contributed by atoms with van der Waals surface area (Å²) in [5.74, 6) is 0.584. The van der Waals surface area contributed by atoms with Crippen LogP contribution in [0.2, 0.25) is 0 Å². The summed E-state index contributed by atoms with van der Waals surface area (Å²) in [5.41, 5.74) is 1.20. The van der Waals surface area contributed by atoms with Gasteiger partial charge in [-0.1, -0.05) is 114 Å². The van der Waals surface area contributed by atoms with Crippen LogP contribution in [0.5, 0.6) is 23.0 Å². The van der Waals surface area contributed by atoms with Crippen LogP contribution in [0.4, 0.5) is 0 Å². The molecule has 2 aromatic carbocycles. The van der Waals surface area contributed by atoms with Crippen molar-refractivity contribution in [1.82, 2.24) is 0 Å². The Morgan fingerprint density at radius 3 is 1.31 bits per heavy atom. The quantitative estimate of drug-likeness (QED) is 0.106. The van der Waals surface area contributed by atoms with Crippen LogP contribution < -0.4 is 19.7 Å². The summed E-state index contributed by atoms with van der Waals surface area (Å²) in [6.45, 7) is 6.03. The van der Waals surface area contributed by atoms with Crippen LogP contribution in [-0.2, 0) is 17.1 Å². The van der Waals surface area contributed by atoms with Crippen molar-refractivity contribution in [2.24, 2.45) is 9.98 Å². The summed E-state index contributed by atoms with van der Waals surface area (Å²) in [6, 6.07) is 10.5. The van der Waals surface area contributed by atoms with Crippen LogP contribution in [0.25, 0.3) is 0 Å². The smallest absolute Gasteiger partial charge is 0.870 e. The maximum Gasteiger partial charge on any atom is 2.00 e. The normalized spacial score (nSPS) is 10.8. The Morgan fingerprint density at radius 2 is 0.949 bits per heavy atom. The molecule has 0 N–H and O–H groups in total. The largest absolute Gasteiger partial charge is 2.00 e. The van der Waals surface area contributed by atoms with Crippen LogP contribution in [0, 0.1) is 0 Å². The zero-order chi connectivity index (χ0) is 27.8. The summed E-state index contributed by atoms with van der Waals surface area (Å²) < 4.78 is 9.99. The molecule has 39 heavy (non-hydrogen) atoms. The van der Waals surface area contributed by atoms with Crippen LogP contribution in [0.1, 0.15) is 102 Å². The Bertz CT molecular complexity index is 859. The van der Waals surface area contributed by atoms with Crippen LogP contribution in [0.3, 0.4) is 0 Å². The Hall–Kier alpha value is -2.50. The van der Waals surface area contributed by atoms with E-state index in [1.165, 1.54) is 78.4 Å². The molecule has 0 aliphatic rings. The molecule has 1 radical (unpaired) electrons. The Balaban J connectivity index is 0.000000722. The minimum absolute atomic E-state index is 0. The molecule has 0 amide bonds. The first-order valence-corrected chi connectivity index (χ1v) is 14.3. The van der Waals surface area contributed by atoms with Gasteiger partial charge in [0, 0.05) is 25.5 Å². The molecule has 0 fully saturated rings. The molecule has 0 bridgehead atoms. The van der Waals surface area contributed by atoms with Crippen molar-refractivity contribution in [2.45, 2.75) is 90.9 Å². The number of methoxy groups -OCH3 is 2. The van der Waals surface area contributed by atoms with Crippen LogP contribution in [0.15, 0.2) is 46.4 Å². The van der Waals surface area contributed by atoms with Crippen LogP contribution >= 0.6 is 0 Å². The third-order valence-electron chi connectivity index (χ3n) is 6.20. The second kappa shape index (κ2) is 24.5. The molecule has 0 aliphatic heterocycles. The van der Waals surface area contributed by atoms with Gasteiger partial charge in [-0.05, 0) is 36.1 Å². The SMILES string of the molecule is CCCCCCCCN=Cc1cccc(OC)c1[O-].CCCCCCCCN=Cc1cccc(OC)c1[O-].[Cu+2]. The van der Waals surface area contributed by atoms with Gasteiger partial charge in [-0.15, -0.1) is 0 Å². The predicted molar refractivity (Wildman–Crippen MR) is 157 cm³/mol. The van der Waals surface area contributed by atoms with Gasteiger partial charge in [-0.2, -0.15) is 0 Å². The standard InChI is InChI=1S/2C16H25NO2.Cu/c2*1-3-4-5-6-7-8-12-17-13-14-10-9-11-15(19-2)16(14)18;/h2*9-11,13,18H,3-8,12H2,1-2H3;/q;;+2/p-2. The molecule has 0 atom stereocenters. The summed E-state index contributed by atoms with van der Waals surface area (Å²) in [6.07, 6.45) is 18.4. The molecule has 0 saturated heterocycles. The molecule has 0 aliphatic carbocycles. The van der Waals surface area contributed by atoms with E-state index in [1.807, 2.05) is 12.1 Å². The number of hydrogen-bond donors (Lipinski definition) is 0. The van der Waals surface area contributed by atoms with E-state index < -0.39 is 0 Å². The molecule has 2 rings (SSSR count). The maximum absolute atomic E-state index is 11.8. The van der Waals surface area contributed by atoms with Crippen molar-refractivity contribution in [3.63, 3.8) is 0 Å². The van der Waals surface area contributed by atoms with Gasteiger partial charge in [0.25, 0.3) is 0 Å². The van der Waals surface area contributed by atoms with Gasteiger partial charge in [0.2, 0.25) is 0 Å². The van der Waals surface area contributed by atoms with E-state index in [1.54, 1.807) is 36.7 Å². The molecular weight excluding hydrogens is 540 g/mol. The molecule has 0 unspecified atom stereocenters. The number of hydrogen-bond acceptors (Lipinski definition) is 6. The zero-order valence-corrected chi connectivity index (χ0v) is 25.3. The molecule has 0 aromatic heterocycles. The predicted octanol–water partition coefficient (Wildman–Crippen LogP) is 7.09. The number of para-hydroxylation sites is 2. The van der Waals surface area contributed by atoms with Gasteiger partial charge < -0.3 is 19.7 Å². The van der Waals surface area contributed by atoms with Gasteiger partial charge >= 0.3 is 17.1 Å². The first-order valence-electron chi connectivity index (χ1n) is 14.3. The number of aliphatic imine (C=N–C) groups is 2. The maximum atomic E-state index is 11.8. The molecular formula is C32H48CuN2O4. The van der Waals surface area contributed by atoms with E-state index in [0.717, 1.165) is 25.9 Å². The van der Waals surface area contributed by atoms with Gasteiger partial charge in [0.05, 0.1) is 14.2 Å². The molecule has 0 saturated carbocycles. The second-order valence-electron chi connectivity index (χ2n) is 9.36. The number of unbranched alkanes of at least 4 members (excludes halogenated alkanes) is 10. The fourth-order valence-corrected chi connectivity index (χ4v) is 3.88. The third kappa shape index (κ3) is 16.3. The van der Waals surface area contributed by atoms with E-state index in [0.29, 0.717) is 22.6 Å². The Kier molecular flexibility index (Phi) is 23.0. The second-order valence-corrected chi connectivity index (χ2v) is 9.36. The molecule has 7 heteroatoms. The minimum atomic E-state index is -0.0864. The molecule has 0 heterocycles. The van der Waals surface area contributed by atoms with Crippen LogP contribution in [-0.4, -0.2) is 39.7 Å². The van der Waals surface area contributed by atoms with Gasteiger partial charge in [0.1, 0.15) is 11.5 Å². The summed E-state index contributed by atoms with van der Waals surface area (Å²) in [5, 5.41) is 23.6. The first-order chi connectivity index (χ1) is 18.6. The van der Waals surface area contributed by atoms with Crippen molar-refractivity contribution in [3.05, 3.63) is 47.5 Å². The average Bonchev–Trinajstić information content (AvgIpc) is 2.93. The minimum Gasteiger partial charge on any atom is -0.870 e. The zero-order valence-electron chi connectivity index (χ0n) is 24.3. The van der Waals surface area contributed by atoms with E-state index in [9.17, 15) is 10.2 Å². The summed E-state index contributed by atoms with van der Waals surface area (Å²) >= 11 is 0. The van der Waals surface area contributed by atoms with Crippen molar-refractivity contribution < 1.29 is 36.8 Å². The van der Waals surface area contributed by atoms with Crippen molar-refractivity contribution in [1.29, 1.82) is 0 Å². The topological polar surface area (TPSA) is 89.3 Å². The van der Waals surface area contributed by atoms with Crippen molar-refractivity contribution >= 4 is 12.4 Å². The average molecular weight is 588 g/mol. The summed E-state index contributed by atoms with van der Waals surface area (Å²) in [4.78, 5) is 8.63. The van der Waals surface area contributed by atoms with E-state index in [2.05, 4.69) is 23.8 Å². The Labute approximate surface area is 247 Å². The van der Waals surface area contributed by atoms with Gasteiger partial charge in [-0.3, -0.25) is 9.98 Å². The fourth-order valence-electron chi connectivity index (χ4n) is 3.88. The number of benzene rings is 2. The van der Waals surface area contributed by atoms with E-state index in [-0.39, 0.29) is 28.6 Å². The number of ether oxygens (including phenoxy) is 2. The molecule has 0 spiro atoms. The van der Waals surface area contributed by atoms with Gasteiger partial charge in [-0.25, -0.2) is 0 Å². The van der Waals surface area contributed by atoms with Gasteiger partial charge in [0.15, 0.2) is 0 Å². The monoisotopic (exact) mass is 587 g/mol.